The predicted octanol–water partition coefficient (Wildman–Crippen LogP) is 3.21. The molecule has 0 radical (unpaired) electrons. The molecule has 0 saturated carbocycles. The lowest BCUT2D eigenvalue weighted by atomic mass is 9.74. The molecule has 0 aliphatic carbocycles. The fraction of sp³-hybridized carbons (Fsp3) is 0.526. The molecule has 2 fully saturated rings. The molecule has 134 valence electrons. The molecule has 2 aliphatic heterocycles. The maximum atomic E-state index is 12.6. The lowest BCUT2D eigenvalue weighted by Gasteiger charge is -2.43. The highest BCUT2D eigenvalue weighted by Gasteiger charge is 2.37. The molecule has 1 unspecified atom stereocenters. The molecule has 1 spiro atoms. The molecule has 2 aliphatic rings. The van der Waals surface area contributed by atoms with Crippen molar-refractivity contribution < 1.29 is 9.53 Å². The van der Waals surface area contributed by atoms with Crippen LogP contribution in [0.3, 0.4) is 0 Å². The van der Waals surface area contributed by atoms with Crippen LogP contribution >= 0.6 is 15.9 Å². The zero-order chi connectivity index (χ0) is 17.3. The lowest BCUT2D eigenvalue weighted by Crippen LogP contribution is -2.46. The van der Waals surface area contributed by atoms with E-state index in [4.69, 9.17) is 4.74 Å². The van der Waals surface area contributed by atoms with E-state index >= 15 is 0 Å². The first-order valence-corrected chi connectivity index (χ1v) is 9.82. The van der Waals surface area contributed by atoms with Crippen LogP contribution in [0.1, 0.15) is 36.0 Å². The molecule has 1 aromatic heterocycles. The third-order valence-electron chi connectivity index (χ3n) is 5.66. The highest BCUT2D eigenvalue weighted by atomic mass is 79.9. The first kappa shape index (κ1) is 17.1. The van der Waals surface area contributed by atoms with E-state index in [2.05, 4.69) is 31.5 Å². The molecular weight excluding hydrogens is 382 g/mol. The highest BCUT2D eigenvalue weighted by molar-refractivity contribution is 9.10. The van der Waals surface area contributed by atoms with Crippen molar-refractivity contribution >= 4 is 32.7 Å². The molecule has 1 aromatic carbocycles. The summed E-state index contributed by atoms with van der Waals surface area (Å²) in [5, 5.41) is 7.40. The summed E-state index contributed by atoms with van der Waals surface area (Å²) in [6.07, 6.45) is 6.54. The summed E-state index contributed by atoms with van der Waals surface area (Å²) in [4.78, 5) is 15.7. The maximum absolute atomic E-state index is 12.6. The van der Waals surface area contributed by atoms with Gasteiger partial charge in [0.1, 0.15) is 0 Å². The van der Waals surface area contributed by atoms with Crippen molar-refractivity contribution in [3.05, 3.63) is 34.4 Å². The summed E-state index contributed by atoms with van der Waals surface area (Å²) in [6.45, 7) is 3.60. The van der Waals surface area contributed by atoms with Crippen LogP contribution in [0.5, 0.6) is 0 Å². The number of carbonyl (C=O) groups excluding carboxylic acids is 1. The van der Waals surface area contributed by atoms with Gasteiger partial charge in [0.05, 0.1) is 18.3 Å². The fourth-order valence-corrected chi connectivity index (χ4v) is 4.37. The van der Waals surface area contributed by atoms with Gasteiger partial charge in [0.15, 0.2) is 0 Å². The van der Waals surface area contributed by atoms with Gasteiger partial charge in [-0.25, -0.2) is 0 Å². The van der Waals surface area contributed by atoms with E-state index in [0.29, 0.717) is 17.5 Å². The van der Waals surface area contributed by atoms with Gasteiger partial charge in [0, 0.05) is 28.1 Å². The van der Waals surface area contributed by atoms with Crippen LogP contribution in [-0.4, -0.2) is 43.2 Å². The van der Waals surface area contributed by atoms with Crippen LogP contribution in [0, 0.1) is 5.41 Å². The number of rotatable bonds is 3. The molecular formula is C19H24BrN3O2. The number of nitrogens with one attached hydrogen (secondary N) is 3. The van der Waals surface area contributed by atoms with Gasteiger partial charge in [-0.2, -0.15) is 0 Å². The zero-order valence-corrected chi connectivity index (χ0v) is 15.8. The second-order valence-corrected chi connectivity index (χ2v) is 8.24. The van der Waals surface area contributed by atoms with Crippen LogP contribution in [0.15, 0.2) is 28.9 Å². The summed E-state index contributed by atoms with van der Waals surface area (Å²) in [5.41, 5.74) is 2.02. The van der Waals surface area contributed by atoms with E-state index in [1.165, 1.54) is 19.3 Å². The minimum atomic E-state index is -0.0462. The molecule has 1 amide bonds. The molecule has 5 nitrogen and oxygen atoms in total. The number of carbonyl (C=O) groups is 1. The maximum Gasteiger partial charge on any atom is 0.253 e. The topological polar surface area (TPSA) is 66.2 Å². The van der Waals surface area contributed by atoms with Crippen LogP contribution in [0.25, 0.3) is 10.9 Å². The van der Waals surface area contributed by atoms with Crippen molar-refractivity contribution in [1.82, 2.24) is 15.6 Å². The number of aromatic nitrogens is 1. The van der Waals surface area contributed by atoms with Gasteiger partial charge in [-0.1, -0.05) is 15.9 Å². The van der Waals surface area contributed by atoms with Crippen LogP contribution in [-0.2, 0) is 4.74 Å². The Bertz CT molecular complexity index is 757. The van der Waals surface area contributed by atoms with E-state index in [1.54, 1.807) is 6.20 Å². The standard InChI is InChI=1S/C19H24BrN3O2/c20-13-1-2-17-15(9-13)16(11-22-17)18(24)23-10-14-3-4-19(12-25-14)5-7-21-8-6-19/h1-2,9,11,14,21-22H,3-8,10,12H2,(H,23,24). The van der Waals surface area contributed by atoms with Crippen molar-refractivity contribution in [2.75, 3.05) is 26.2 Å². The third kappa shape index (κ3) is 3.61. The molecule has 4 rings (SSSR count). The van der Waals surface area contributed by atoms with Crippen LogP contribution in [0.4, 0.5) is 0 Å². The van der Waals surface area contributed by atoms with Gasteiger partial charge in [0.2, 0.25) is 0 Å². The van der Waals surface area contributed by atoms with Gasteiger partial charge >= 0.3 is 0 Å². The van der Waals surface area contributed by atoms with Crippen LogP contribution < -0.4 is 10.6 Å². The fourth-order valence-electron chi connectivity index (χ4n) is 4.01. The van der Waals surface area contributed by atoms with E-state index in [1.807, 2.05) is 18.2 Å². The lowest BCUT2D eigenvalue weighted by molar-refractivity contribution is -0.0721. The molecule has 2 aromatic rings. The minimum Gasteiger partial charge on any atom is -0.376 e. The summed E-state index contributed by atoms with van der Waals surface area (Å²) in [5.74, 6) is -0.0462. The van der Waals surface area contributed by atoms with Crippen molar-refractivity contribution in [1.29, 1.82) is 0 Å². The van der Waals surface area contributed by atoms with Crippen LogP contribution in [0.2, 0.25) is 0 Å². The second-order valence-electron chi connectivity index (χ2n) is 7.32. The number of fused-ring (bicyclic) bond motifs is 1. The predicted molar refractivity (Wildman–Crippen MR) is 102 cm³/mol. The van der Waals surface area contributed by atoms with Crippen molar-refractivity contribution in [2.24, 2.45) is 5.41 Å². The average Bonchev–Trinajstić information content (AvgIpc) is 3.05. The van der Waals surface area contributed by atoms with E-state index in [0.717, 1.165) is 41.5 Å². The Kier molecular flexibility index (Phi) is 4.84. The number of amides is 1. The largest absolute Gasteiger partial charge is 0.376 e. The third-order valence-corrected chi connectivity index (χ3v) is 6.16. The van der Waals surface area contributed by atoms with Crippen molar-refractivity contribution in [2.45, 2.75) is 31.8 Å². The zero-order valence-electron chi connectivity index (χ0n) is 14.2. The molecule has 3 heterocycles. The number of halogens is 1. The smallest absolute Gasteiger partial charge is 0.253 e. The minimum absolute atomic E-state index is 0.0462. The van der Waals surface area contributed by atoms with E-state index < -0.39 is 0 Å². The number of aromatic amines is 1. The second kappa shape index (κ2) is 7.09. The summed E-state index contributed by atoms with van der Waals surface area (Å²) in [6, 6.07) is 5.91. The molecule has 2 saturated heterocycles. The Morgan fingerprint density at radius 1 is 1.32 bits per heavy atom. The first-order chi connectivity index (χ1) is 12.2. The van der Waals surface area contributed by atoms with Gasteiger partial charge < -0.3 is 20.4 Å². The number of hydrogen-bond acceptors (Lipinski definition) is 3. The molecule has 25 heavy (non-hydrogen) atoms. The monoisotopic (exact) mass is 405 g/mol. The molecule has 3 N–H and O–H groups in total. The number of benzene rings is 1. The number of H-pyrrole nitrogens is 1. The Hall–Kier alpha value is -1.37. The normalized spacial score (nSPS) is 23.0. The molecule has 6 heteroatoms. The first-order valence-electron chi connectivity index (χ1n) is 9.02. The van der Waals surface area contributed by atoms with Gasteiger partial charge in [-0.05, 0) is 62.4 Å². The van der Waals surface area contributed by atoms with Crippen molar-refractivity contribution in [3.63, 3.8) is 0 Å². The Morgan fingerprint density at radius 2 is 2.16 bits per heavy atom. The van der Waals surface area contributed by atoms with Gasteiger partial charge in [-0.15, -0.1) is 0 Å². The summed E-state index contributed by atoms with van der Waals surface area (Å²) in [7, 11) is 0. The highest BCUT2D eigenvalue weighted by Crippen LogP contribution is 2.38. The average molecular weight is 406 g/mol. The Labute approximate surface area is 156 Å². The Morgan fingerprint density at radius 3 is 2.92 bits per heavy atom. The number of hydrogen-bond donors (Lipinski definition) is 3. The number of ether oxygens (including phenoxy) is 1. The SMILES string of the molecule is O=C(NCC1CCC2(CCNCC2)CO1)c1c[nH]c2ccc(Br)cc12. The van der Waals surface area contributed by atoms with Gasteiger partial charge in [-0.3, -0.25) is 4.79 Å². The van der Waals surface area contributed by atoms with E-state index in [-0.39, 0.29) is 12.0 Å². The van der Waals surface area contributed by atoms with E-state index in [9.17, 15) is 4.79 Å². The van der Waals surface area contributed by atoms with Gasteiger partial charge in [0.25, 0.3) is 5.91 Å². The molecule has 1 atom stereocenters. The van der Waals surface area contributed by atoms with Crippen molar-refractivity contribution in [3.8, 4) is 0 Å². The Balaban J connectivity index is 1.34. The molecule has 0 bridgehead atoms. The summed E-state index contributed by atoms with van der Waals surface area (Å²) >= 11 is 3.47. The number of piperidine rings is 1. The summed E-state index contributed by atoms with van der Waals surface area (Å²) < 4.78 is 7.06. The quantitative estimate of drug-likeness (QED) is 0.734.